The van der Waals surface area contributed by atoms with Gasteiger partial charge in [0.2, 0.25) is 11.8 Å². The van der Waals surface area contributed by atoms with Crippen molar-refractivity contribution in [1.29, 1.82) is 0 Å². The monoisotopic (exact) mass is 555 g/mol. The minimum Gasteiger partial charge on any atom is -0.352 e. The van der Waals surface area contributed by atoms with Gasteiger partial charge in [0.1, 0.15) is 12.6 Å². The average molecular weight is 556 g/mol. The standard InChI is InChI=1S/C29H34ClN3O4S/c1-5-27(29(35)31-21(2)3)32(19-23-12-10-9-11-22(23)4)28(34)20-33(25-13-7-6-8-14-25)38(36,37)26-17-15-24(30)16-18-26/h6-18,21,27H,5,19-20H2,1-4H3,(H,31,35). The number of rotatable bonds is 11. The SMILES string of the molecule is CCC(C(=O)NC(C)C)N(Cc1ccccc1C)C(=O)CN(c1ccccc1)S(=O)(=O)c1ccc(Cl)cc1. The van der Waals surface area contributed by atoms with Crippen LogP contribution in [0.4, 0.5) is 5.69 Å². The van der Waals surface area contributed by atoms with E-state index in [0.29, 0.717) is 17.1 Å². The predicted molar refractivity (Wildman–Crippen MR) is 152 cm³/mol. The van der Waals surface area contributed by atoms with Crippen LogP contribution in [-0.2, 0) is 26.2 Å². The molecule has 0 aliphatic carbocycles. The molecule has 9 heteroatoms. The highest BCUT2D eigenvalue weighted by atomic mass is 35.5. The van der Waals surface area contributed by atoms with Crippen molar-refractivity contribution in [1.82, 2.24) is 10.2 Å². The maximum Gasteiger partial charge on any atom is 0.264 e. The molecule has 7 nitrogen and oxygen atoms in total. The van der Waals surface area contributed by atoms with Gasteiger partial charge in [-0.05, 0) is 74.7 Å². The van der Waals surface area contributed by atoms with E-state index < -0.39 is 28.5 Å². The van der Waals surface area contributed by atoms with Crippen LogP contribution in [0.3, 0.4) is 0 Å². The Morgan fingerprint density at radius 1 is 0.921 bits per heavy atom. The van der Waals surface area contributed by atoms with Crippen molar-refractivity contribution in [2.24, 2.45) is 0 Å². The Kier molecular flexibility index (Phi) is 9.94. The zero-order valence-corrected chi connectivity index (χ0v) is 23.7. The van der Waals surface area contributed by atoms with Gasteiger partial charge in [0, 0.05) is 17.6 Å². The van der Waals surface area contributed by atoms with Gasteiger partial charge in [-0.3, -0.25) is 13.9 Å². The topological polar surface area (TPSA) is 86.8 Å². The molecule has 1 atom stereocenters. The minimum atomic E-state index is -4.13. The van der Waals surface area contributed by atoms with Gasteiger partial charge < -0.3 is 10.2 Å². The van der Waals surface area contributed by atoms with E-state index in [4.69, 9.17) is 11.6 Å². The van der Waals surface area contributed by atoms with E-state index in [1.807, 2.05) is 52.0 Å². The Hall–Kier alpha value is -3.36. The van der Waals surface area contributed by atoms with E-state index in [-0.39, 0.29) is 23.4 Å². The number of halogens is 1. The van der Waals surface area contributed by atoms with Gasteiger partial charge in [-0.15, -0.1) is 0 Å². The number of anilines is 1. The number of nitrogens with zero attached hydrogens (tertiary/aromatic N) is 2. The summed E-state index contributed by atoms with van der Waals surface area (Å²) in [5.41, 5.74) is 2.19. The van der Waals surface area contributed by atoms with E-state index in [1.54, 1.807) is 30.3 Å². The number of carbonyl (C=O) groups is 2. The van der Waals surface area contributed by atoms with Crippen molar-refractivity contribution in [3.63, 3.8) is 0 Å². The first-order chi connectivity index (χ1) is 18.0. The third-order valence-electron chi connectivity index (χ3n) is 6.14. The fourth-order valence-corrected chi connectivity index (χ4v) is 5.67. The third-order valence-corrected chi connectivity index (χ3v) is 8.18. The molecule has 0 aromatic heterocycles. The van der Waals surface area contributed by atoms with Crippen LogP contribution in [0.2, 0.25) is 5.02 Å². The molecule has 0 heterocycles. The van der Waals surface area contributed by atoms with E-state index in [9.17, 15) is 18.0 Å². The first-order valence-corrected chi connectivity index (χ1v) is 14.3. The Balaban J connectivity index is 2.05. The number of para-hydroxylation sites is 1. The van der Waals surface area contributed by atoms with Crippen LogP contribution in [0.25, 0.3) is 0 Å². The Bertz CT molecular complexity index is 1350. The summed E-state index contributed by atoms with van der Waals surface area (Å²) in [5, 5.41) is 3.30. The van der Waals surface area contributed by atoms with Crippen molar-refractivity contribution < 1.29 is 18.0 Å². The second-order valence-corrected chi connectivity index (χ2v) is 11.6. The van der Waals surface area contributed by atoms with Crippen LogP contribution in [0.15, 0.2) is 83.8 Å². The summed E-state index contributed by atoms with van der Waals surface area (Å²) in [6.07, 6.45) is 0.367. The normalized spacial score (nSPS) is 12.2. The molecule has 2 amide bonds. The number of benzene rings is 3. The summed E-state index contributed by atoms with van der Waals surface area (Å²) < 4.78 is 28.6. The Morgan fingerprint density at radius 3 is 2.11 bits per heavy atom. The van der Waals surface area contributed by atoms with Gasteiger partial charge in [0.15, 0.2) is 0 Å². The van der Waals surface area contributed by atoms with Crippen LogP contribution in [0, 0.1) is 6.92 Å². The van der Waals surface area contributed by atoms with Crippen LogP contribution in [0.1, 0.15) is 38.3 Å². The molecule has 202 valence electrons. The molecule has 0 radical (unpaired) electrons. The number of hydrogen-bond donors (Lipinski definition) is 1. The molecule has 1 unspecified atom stereocenters. The van der Waals surface area contributed by atoms with Gasteiger partial charge in [-0.1, -0.05) is 61.0 Å². The smallest absolute Gasteiger partial charge is 0.264 e. The molecule has 1 N–H and O–H groups in total. The number of aryl methyl sites for hydroxylation is 1. The minimum absolute atomic E-state index is 0.00796. The first kappa shape index (κ1) is 29.2. The Morgan fingerprint density at radius 2 is 1.53 bits per heavy atom. The number of hydrogen-bond acceptors (Lipinski definition) is 4. The molecule has 0 bridgehead atoms. The molecule has 0 saturated carbocycles. The lowest BCUT2D eigenvalue weighted by molar-refractivity contribution is -0.140. The van der Waals surface area contributed by atoms with Crippen molar-refractivity contribution in [3.8, 4) is 0 Å². The number of nitrogens with one attached hydrogen (secondary N) is 1. The fraction of sp³-hybridized carbons (Fsp3) is 0.310. The maximum absolute atomic E-state index is 14.0. The van der Waals surface area contributed by atoms with Gasteiger partial charge in [-0.25, -0.2) is 8.42 Å². The average Bonchev–Trinajstić information content (AvgIpc) is 2.88. The molecule has 0 spiro atoms. The lowest BCUT2D eigenvalue weighted by atomic mass is 10.1. The largest absolute Gasteiger partial charge is 0.352 e. The van der Waals surface area contributed by atoms with Crippen LogP contribution in [0.5, 0.6) is 0 Å². The summed E-state index contributed by atoms with van der Waals surface area (Å²) in [4.78, 5) is 28.6. The fourth-order valence-electron chi connectivity index (χ4n) is 4.13. The lowest BCUT2D eigenvalue weighted by Gasteiger charge is -2.34. The predicted octanol–water partition coefficient (Wildman–Crippen LogP) is 5.18. The van der Waals surface area contributed by atoms with Crippen molar-refractivity contribution >= 4 is 39.1 Å². The van der Waals surface area contributed by atoms with E-state index >= 15 is 0 Å². The molecule has 0 aliphatic rings. The third kappa shape index (κ3) is 7.14. The lowest BCUT2D eigenvalue weighted by Crippen LogP contribution is -2.53. The van der Waals surface area contributed by atoms with Gasteiger partial charge in [-0.2, -0.15) is 0 Å². The molecule has 0 saturated heterocycles. The highest BCUT2D eigenvalue weighted by molar-refractivity contribution is 7.92. The summed E-state index contributed by atoms with van der Waals surface area (Å²) in [6, 6.07) is 21.0. The van der Waals surface area contributed by atoms with Crippen LogP contribution >= 0.6 is 11.6 Å². The molecule has 0 fully saturated rings. The zero-order chi connectivity index (χ0) is 27.9. The number of amides is 2. The van der Waals surface area contributed by atoms with Gasteiger partial charge in [0.25, 0.3) is 10.0 Å². The van der Waals surface area contributed by atoms with E-state index in [0.717, 1.165) is 15.4 Å². The molecule has 38 heavy (non-hydrogen) atoms. The van der Waals surface area contributed by atoms with E-state index in [2.05, 4.69) is 5.32 Å². The van der Waals surface area contributed by atoms with Gasteiger partial charge >= 0.3 is 0 Å². The highest BCUT2D eigenvalue weighted by Gasteiger charge is 2.34. The second-order valence-electron chi connectivity index (χ2n) is 9.34. The zero-order valence-electron chi connectivity index (χ0n) is 22.1. The van der Waals surface area contributed by atoms with Crippen LogP contribution < -0.4 is 9.62 Å². The number of sulfonamides is 1. The van der Waals surface area contributed by atoms with Crippen molar-refractivity contribution in [2.45, 2.75) is 57.6 Å². The van der Waals surface area contributed by atoms with Gasteiger partial charge in [0.05, 0.1) is 10.6 Å². The summed E-state index contributed by atoms with van der Waals surface area (Å²) in [5.74, 6) is -0.767. The number of carbonyl (C=O) groups excluding carboxylic acids is 2. The van der Waals surface area contributed by atoms with Crippen LogP contribution in [-0.4, -0.2) is 43.8 Å². The highest BCUT2D eigenvalue weighted by Crippen LogP contribution is 2.26. The molecule has 3 aromatic carbocycles. The first-order valence-electron chi connectivity index (χ1n) is 12.5. The molecule has 3 aromatic rings. The molecule has 0 aliphatic heterocycles. The quantitative estimate of drug-likeness (QED) is 0.353. The molecular weight excluding hydrogens is 522 g/mol. The van der Waals surface area contributed by atoms with E-state index in [1.165, 1.54) is 29.2 Å². The molecular formula is C29H34ClN3O4S. The summed E-state index contributed by atoms with van der Waals surface area (Å²) in [7, 11) is -4.13. The van der Waals surface area contributed by atoms with Crippen molar-refractivity contribution in [2.75, 3.05) is 10.8 Å². The summed E-state index contributed by atoms with van der Waals surface area (Å²) >= 11 is 5.98. The van der Waals surface area contributed by atoms with Crippen molar-refractivity contribution in [3.05, 3.63) is 95.0 Å². The maximum atomic E-state index is 14.0. The summed E-state index contributed by atoms with van der Waals surface area (Å²) in [6.45, 7) is 7.17. The second kappa shape index (κ2) is 12.9. The molecule has 3 rings (SSSR count). The Labute approximate surface area is 230 Å².